The second-order valence-electron chi connectivity index (χ2n) is 6.21. The van der Waals surface area contributed by atoms with Crippen LogP contribution in [0.2, 0.25) is 0 Å². The molecule has 0 spiro atoms. The maximum absolute atomic E-state index is 11.6. The number of carbonyl (C=O) groups is 1. The monoisotopic (exact) mass is 394 g/mol. The van der Waals surface area contributed by atoms with Crippen LogP contribution in [-0.4, -0.2) is 32.4 Å². The molecule has 3 aromatic rings. The Kier molecular flexibility index (Phi) is 5.78. The van der Waals surface area contributed by atoms with Crippen LogP contribution in [0.3, 0.4) is 0 Å². The van der Waals surface area contributed by atoms with Gasteiger partial charge in [0, 0.05) is 6.07 Å². The van der Waals surface area contributed by atoms with E-state index >= 15 is 0 Å². The van der Waals surface area contributed by atoms with Crippen LogP contribution < -0.4 is 25.3 Å². The Labute approximate surface area is 168 Å². The smallest absolute Gasteiger partial charge is 0.337 e. The molecule has 150 valence electrons. The number of aromatic carboxylic acids is 1. The summed E-state index contributed by atoms with van der Waals surface area (Å²) < 4.78 is 16.0. The predicted octanol–water partition coefficient (Wildman–Crippen LogP) is 4.40. The number of carboxylic acid groups (broad SMARTS) is 1. The van der Waals surface area contributed by atoms with Gasteiger partial charge in [0.1, 0.15) is 17.2 Å². The highest BCUT2D eigenvalue weighted by Gasteiger charge is 2.14. The summed E-state index contributed by atoms with van der Waals surface area (Å²) in [6.07, 6.45) is 0. The molecule has 0 amide bonds. The van der Waals surface area contributed by atoms with E-state index in [0.29, 0.717) is 34.3 Å². The van der Waals surface area contributed by atoms with Crippen molar-refractivity contribution in [3.8, 4) is 28.4 Å². The predicted molar refractivity (Wildman–Crippen MR) is 113 cm³/mol. The summed E-state index contributed by atoms with van der Waals surface area (Å²) in [6.45, 7) is 0. The highest BCUT2D eigenvalue weighted by atomic mass is 16.5. The second-order valence-corrected chi connectivity index (χ2v) is 6.21. The van der Waals surface area contributed by atoms with Gasteiger partial charge in [-0.15, -0.1) is 0 Å². The normalized spacial score (nSPS) is 10.3. The van der Waals surface area contributed by atoms with Gasteiger partial charge in [0.05, 0.1) is 44.0 Å². The Hall–Kier alpha value is -3.87. The van der Waals surface area contributed by atoms with Gasteiger partial charge in [-0.05, 0) is 47.5 Å². The van der Waals surface area contributed by atoms with Crippen molar-refractivity contribution in [3.05, 3.63) is 60.2 Å². The van der Waals surface area contributed by atoms with Crippen molar-refractivity contribution in [2.45, 2.75) is 0 Å². The average molecular weight is 394 g/mol. The van der Waals surface area contributed by atoms with E-state index in [1.165, 1.54) is 13.2 Å². The fourth-order valence-electron chi connectivity index (χ4n) is 2.95. The van der Waals surface area contributed by atoms with Crippen molar-refractivity contribution in [1.29, 1.82) is 0 Å². The van der Waals surface area contributed by atoms with Crippen LogP contribution in [0.4, 0.5) is 17.1 Å². The first-order chi connectivity index (χ1) is 14.0. The van der Waals surface area contributed by atoms with Crippen LogP contribution in [0.15, 0.2) is 54.6 Å². The summed E-state index contributed by atoms with van der Waals surface area (Å²) in [5.74, 6) is 0.644. The van der Waals surface area contributed by atoms with Gasteiger partial charge in [-0.3, -0.25) is 0 Å². The molecule has 3 rings (SSSR count). The number of anilines is 3. The third-order valence-corrected chi connectivity index (χ3v) is 4.49. The molecule has 0 atom stereocenters. The molecule has 3 aromatic carbocycles. The molecule has 7 heteroatoms. The van der Waals surface area contributed by atoms with E-state index in [0.717, 1.165) is 11.1 Å². The van der Waals surface area contributed by atoms with Crippen LogP contribution in [0.25, 0.3) is 11.1 Å². The lowest BCUT2D eigenvalue weighted by atomic mass is 10.0. The summed E-state index contributed by atoms with van der Waals surface area (Å²) in [4.78, 5) is 11.6. The Bertz CT molecular complexity index is 1050. The van der Waals surface area contributed by atoms with Crippen molar-refractivity contribution >= 4 is 23.0 Å². The van der Waals surface area contributed by atoms with Crippen molar-refractivity contribution in [2.75, 3.05) is 32.4 Å². The molecule has 0 unspecified atom stereocenters. The van der Waals surface area contributed by atoms with Crippen molar-refractivity contribution < 1.29 is 24.1 Å². The molecular formula is C22H22N2O5. The topological polar surface area (TPSA) is 103 Å². The van der Waals surface area contributed by atoms with Crippen LogP contribution in [0.5, 0.6) is 17.2 Å². The number of hydrogen-bond acceptors (Lipinski definition) is 6. The van der Waals surface area contributed by atoms with E-state index < -0.39 is 5.97 Å². The third-order valence-electron chi connectivity index (χ3n) is 4.49. The molecule has 0 radical (unpaired) electrons. The summed E-state index contributed by atoms with van der Waals surface area (Å²) in [5.41, 5.74) is 9.40. The van der Waals surface area contributed by atoms with Crippen molar-refractivity contribution in [2.24, 2.45) is 0 Å². The minimum Gasteiger partial charge on any atom is -0.497 e. The van der Waals surface area contributed by atoms with E-state index in [1.54, 1.807) is 32.4 Å². The molecule has 0 aromatic heterocycles. The Morgan fingerprint density at radius 3 is 2.10 bits per heavy atom. The third kappa shape index (κ3) is 4.19. The first kappa shape index (κ1) is 19.9. The van der Waals surface area contributed by atoms with E-state index in [9.17, 15) is 9.90 Å². The van der Waals surface area contributed by atoms with Gasteiger partial charge in [0.25, 0.3) is 0 Å². The van der Waals surface area contributed by atoms with E-state index in [2.05, 4.69) is 5.32 Å². The minimum absolute atomic E-state index is 0.125. The molecule has 0 heterocycles. The van der Waals surface area contributed by atoms with Crippen LogP contribution in [0, 0.1) is 0 Å². The summed E-state index contributed by atoms with van der Waals surface area (Å²) in [6, 6.07) is 15.8. The first-order valence-corrected chi connectivity index (χ1v) is 8.77. The molecule has 0 saturated heterocycles. The van der Waals surface area contributed by atoms with Gasteiger partial charge in [-0.2, -0.15) is 0 Å². The lowest BCUT2D eigenvalue weighted by molar-refractivity contribution is 0.0698. The molecule has 29 heavy (non-hydrogen) atoms. The van der Waals surface area contributed by atoms with Gasteiger partial charge in [-0.1, -0.05) is 12.1 Å². The number of ether oxygens (including phenoxy) is 3. The van der Waals surface area contributed by atoms with Gasteiger partial charge in [0.2, 0.25) is 0 Å². The molecule has 0 aliphatic rings. The Morgan fingerprint density at radius 1 is 0.828 bits per heavy atom. The standard InChI is InChI=1S/C22H22N2O5/c1-27-15-6-7-16(22(25)26)19(12-15)24-18-9-5-14(11-21(18)29-3)13-4-8-17(23)20(10-13)28-2/h4-12,24H,23H2,1-3H3,(H,25,26). The van der Waals surface area contributed by atoms with Gasteiger partial charge >= 0.3 is 5.97 Å². The van der Waals surface area contributed by atoms with Crippen molar-refractivity contribution in [1.82, 2.24) is 0 Å². The number of nitrogens with two attached hydrogens (primary N) is 1. The number of rotatable bonds is 7. The molecule has 0 aliphatic carbocycles. The van der Waals surface area contributed by atoms with Gasteiger partial charge in [0.15, 0.2) is 0 Å². The van der Waals surface area contributed by atoms with Gasteiger partial charge < -0.3 is 30.4 Å². The summed E-state index contributed by atoms with van der Waals surface area (Å²) in [7, 11) is 4.64. The number of hydrogen-bond donors (Lipinski definition) is 3. The molecular weight excluding hydrogens is 372 g/mol. The van der Waals surface area contributed by atoms with E-state index in [4.69, 9.17) is 19.9 Å². The lowest BCUT2D eigenvalue weighted by Gasteiger charge is -2.16. The van der Waals surface area contributed by atoms with Crippen LogP contribution in [0.1, 0.15) is 10.4 Å². The highest BCUT2D eigenvalue weighted by Crippen LogP contribution is 2.36. The number of nitrogens with one attached hydrogen (secondary N) is 1. The Morgan fingerprint density at radius 2 is 1.48 bits per heavy atom. The van der Waals surface area contributed by atoms with Crippen molar-refractivity contribution in [3.63, 3.8) is 0 Å². The van der Waals surface area contributed by atoms with E-state index in [1.807, 2.05) is 30.3 Å². The maximum Gasteiger partial charge on any atom is 0.337 e. The SMILES string of the molecule is COc1ccc(C(=O)O)c(Nc2ccc(-c3ccc(N)c(OC)c3)cc2OC)c1. The van der Waals surface area contributed by atoms with E-state index in [-0.39, 0.29) is 5.56 Å². The summed E-state index contributed by atoms with van der Waals surface area (Å²) >= 11 is 0. The zero-order chi connectivity index (χ0) is 21.0. The number of nitrogen functional groups attached to an aromatic ring is 1. The number of carboxylic acids is 1. The minimum atomic E-state index is -1.04. The fraction of sp³-hybridized carbons (Fsp3) is 0.136. The Balaban J connectivity index is 1.99. The maximum atomic E-state index is 11.6. The molecule has 0 fully saturated rings. The molecule has 0 bridgehead atoms. The molecule has 0 saturated carbocycles. The molecule has 0 aliphatic heterocycles. The zero-order valence-electron chi connectivity index (χ0n) is 16.4. The number of benzene rings is 3. The van der Waals surface area contributed by atoms with Crippen LogP contribution >= 0.6 is 0 Å². The highest BCUT2D eigenvalue weighted by molar-refractivity contribution is 5.96. The molecule has 4 N–H and O–H groups in total. The second kappa shape index (κ2) is 8.43. The summed E-state index contributed by atoms with van der Waals surface area (Å²) in [5, 5.41) is 12.6. The molecule has 7 nitrogen and oxygen atoms in total. The fourth-order valence-corrected chi connectivity index (χ4v) is 2.95. The average Bonchev–Trinajstić information content (AvgIpc) is 2.74. The number of methoxy groups -OCH3 is 3. The quantitative estimate of drug-likeness (QED) is 0.510. The largest absolute Gasteiger partial charge is 0.497 e. The first-order valence-electron chi connectivity index (χ1n) is 8.77. The zero-order valence-corrected chi connectivity index (χ0v) is 16.4. The van der Waals surface area contributed by atoms with Gasteiger partial charge in [-0.25, -0.2) is 4.79 Å². The van der Waals surface area contributed by atoms with Crippen LogP contribution in [-0.2, 0) is 0 Å². The lowest BCUT2D eigenvalue weighted by Crippen LogP contribution is -2.04.